The molecule has 1 aromatic heterocycles. The molecule has 0 radical (unpaired) electrons. The molecular formula is C17H30N2O2. The standard InChI is InChI=1S/C17H30N2O2/c1-6-9-18-15(8-7-10-20-4)11-16-14(3)17(21-5)13(2)12-19-16/h12,15,18H,6-11H2,1-5H3. The highest BCUT2D eigenvalue weighted by atomic mass is 16.5. The van der Waals surface area contributed by atoms with Crippen LogP contribution in [-0.2, 0) is 11.2 Å². The normalized spacial score (nSPS) is 12.4. The number of nitrogens with zero attached hydrogens (tertiary/aromatic N) is 1. The predicted octanol–water partition coefficient (Wildman–Crippen LogP) is 3.04. The topological polar surface area (TPSA) is 43.4 Å². The maximum atomic E-state index is 5.50. The molecular weight excluding hydrogens is 264 g/mol. The van der Waals surface area contributed by atoms with Crippen LogP contribution < -0.4 is 10.1 Å². The number of rotatable bonds is 10. The molecule has 4 nitrogen and oxygen atoms in total. The van der Waals surface area contributed by atoms with Gasteiger partial charge in [-0.1, -0.05) is 6.92 Å². The number of methoxy groups -OCH3 is 2. The van der Waals surface area contributed by atoms with Crippen LogP contribution in [0.5, 0.6) is 5.75 Å². The number of pyridine rings is 1. The smallest absolute Gasteiger partial charge is 0.128 e. The largest absolute Gasteiger partial charge is 0.496 e. The van der Waals surface area contributed by atoms with Gasteiger partial charge in [0.25, 0.3) is 0 Å². The van der Waals surface area contributed by atoms with Crippen LogP contribution in [0.2, 0.25) is 0 Å². The molecule has 1 aromatic rings. The summed E-state index contributed by atoms with van der Waals surface area (Å²) >= 11 is 0. The summed E-state index contributed by atoms with van der Waals surface area (Å²) in [6, 6.07) is 0.443. The van der Waals surface area contributed by atoms with Gasteiger partial charge in [-0.25, -0.2) is 0 Å². The number of hydrogen-bond donors (Lipinski definition) is 1. The fourth-order valence-electron chi connectivity index (χ4n) is 2.61. The van der Waals surface area contributed by atoms with E-state index >= 15 is 0 Å². The number of hydrogen-bond acceptors (Lipinski definition) is 4. The van der Waals surface area contributed by atoms with Gasteiger partial charge in [0.05, 0.1) is 7.11 Å². The Morgan fingerprint density at radius 2 is 2.05 bits per heavy atom. The summed E-state index contributed by atoms with van der Waals surface area (Å²) in [5.41, 5.74) is 3.38. The Bertz CT molecular complexity index is 421. The van der Waals surface area contributed by atoms with Gasteiger partial charge in [0.1, 0.15) is 5.75 Å². The Balaban J connectivity index is 2.77. The van der Waals surface area contributed by atoms with Gasteiger partial charge in [-0.05, 0) is 39.7 Å². The van der Waals surface area contributed by atoms with Crippen molar-refractivity contribution in [3.63, 3.8) is 0 Å². The van der Waals surface area contributed by atoms with E-state index in [1.807, 2.05) is 13.1 Å². The van der Waals surface area contributed by atoms with E-state index in [-0.39, 0.29) is 0 Å². The lowest BCUT2D eigenvalue weighted by atomic mass is 10.0. The van der Waals surface area contributed by atoms with Crippen LogP contribution in [0, 0.1) is 13.8 Å². The summed E-state index contributed by atoms with van der Waals surface area (Å²) in [6.07, 6.45) is 6.16. The van der Waals surface area contributed by atoms with Gasteiger partial charge in [-0.15, -0.1) is 0 Å². The Labute approximate surface area is 129 Å². The first-order chi connectivity index (χ1) is 10.1. The minimum absolute atomic E-state index is 0.443. The third kappa shape index (κ3) is 5.64. The lowest BCUT2D eigenvalue weighted by molar-refractivity contribution is 0.188. The highest BCUT2D eigenvalue weighted by molar-refractivity contribution is 5.41. The minimum atomic E-state index is 0.443. The Morgan fingerprint density at radius 3 is 2.67 bits per heavy atom. The zero-order chi connectivity index (χ0) is 15.7. The number of aryl methyl sites for hydroxylation is 1. The fourth-order valence-corrected chi connectivity index (χ4v) is 2.61. The molecule has 0 aliphatic heterocycles. The van der Waals surface area contributed by atoms with E-state index < -0.39 is 0 Å². The second kappa shape index (κ2) is 9.74. The van der Waals surface area contributed by atoms with Crippen LogP contribution in [0.3, 0.4) is 0 Å². The average molecular weight is 294 g/mol. The van der Waals surface area contributed by atoms with Crippen molar-refractivity contribution in [2.75, 3.05) is 27.4 Å². The van der Waals surface area contributed by atoms with Crippen LogP contribution in [0.4, 0.5) is 0 Å². The molecule has 0 amide bonds. The quantitative estimate of drug-likeness (QED) is 0.674. The number of aromatic nitrogens is 1. The summed E-state index contributed by atoms with van der Waals surface area (Å²) in [6.45, 7) is 8.18. The van der Waals surface area contributed by atoms with Crippen LogP contribution in [0.25, 0.3) is 0 Å². The van der Waals surface area contributed by atoms with Gasteiger partial charge in [-0.2, -0.15) is 0 Å². The van der Waals surface area contributed by atoms with Gasteiger partial charge in [0.2, 0.25) is 0 Å². The predicted molar refractivity (Wildman–Crippen MR) is 87.2 cm³/mol. The lowest BCUT2D eigenvalue weighted by Crippen LogP contribution is -2.32. The van der Waals surface area contributed by atoms with Gasteiger partial charge in [0, 0.05) is 49.2 Å². The molecule has 0 aliphatic carbocycles. The average Bonchev–Trinajstić information content (AvgIpc) is 2.48. The molecule has 0 bridgehead atoms. The van der Waals surface area contributed by atoms with E-state index in [9.17, 15) is 0 Å². The van der Waals surface area contributed by atoms with Crippen molar-refractivity contribution in [1.29, 1.82) is 0 Å². The monoisotopic (exact) mass is 294 g/mol. The van der Waals surface area contributed by atoms with Gasteiger partial charge < -0.3 is 14.8 Å². The zero-order valence-electron chi connectivity index (χ0n) is 14.2. The lowest BCUT2D eigenvalue weighted by Gasteiger charge is -2.20. The van der Waals surface area contributed by atoms with Gasteiger partial charge >= 0.3 is 0 Å². The highest BCUT2D eigenvalue weighted by Crippen LogP contribution is 2.25. The van der Waals surface area contributed by atoms with Gasteiger partial charge in [0.15, 0.2) is 0 Å². The van der Waals surface area contributed by atoms with Crippen molar-refractivity contribution in [2.45, 2.75) is 52.5 Å². The van der Waals surface area contributed by atoms with E-state index in [0.29, 0.717) is 6.04 Å². The minimum Gasteiger partial charge on any atom is -0.496 e. The maximum absolute atomic E-state index is 5.50. The molecule has 120 valence electrons. The first kappa shape index (κ1) is 17.9. The molecule has 0 aliphatic rings. The van der Waals surface area contributed by atoms with Gasteiger partial charge in [-0.3, -0.25) is 4.98 Å². The van der Waals surface area contributed by atoms with Crippen molar-refractivity contribution in [2.24, 2.45) is 0 Å². The molecule has 21 heavy (non-hydrogen) atoms. The van der Waals surface area contributed by atoms with Crippen LogP contribution >= 0.6 is 0 Å². The summed E-state index contributed by atoms with van der Waals surface area (Å²) in [4.78, 5) is 4.61. The Morgan fingerprint density at radius 1 is 1.29 bits per heavy atom. The van der Waals surface area contributed by atoms with Crippen LogP contribution in [0.1, 0.15) is 43.0 Å². The molecule has 1 rings (SSSR count). The molecule has 0 spiro atoms. The molecule has 0 aromatic carbocycles. The summed E-state index contributed by atoms with van der Waals surface area (Å²) in [7, 11) is 3.48. The molecule has 1 unspecified atom stereocenters. The Hall–Kier alpha value is -1.13. The first-order valence-corrected chi connectivity index (χ1v) is 7.85. The Kier molecular flexibility index (Phi) is 8.31. The molecule has 0 fully saturated rings. The summed E-state index contributed by atoms with van der Waals surface area (Å²) < 4.78 is 10.7. The van der Waals surface area contributed by atoms with Crippen molar-refractivity contribution in [3.05, 3.63) is 23.0 Å². The molecule has 0 saturated heterocycles. The third-order valence-corrected chi connectivity index (χ3v) is 3.77. The number of nitrogens with one attached hydrogen (secondary N) is 1. The second-order valence-electron chi connectivity index (χ2n) is 5.54. The van der Waals surface area contributed by atoms with Crippen molar-refractivity contribution in [3.8, 4) is 5.75 Å². The van der Waals surface area contributed by atoms with E-state index in [4.69, 9.17) is 9.47 Å². The van der Waals surface area contributed by atoms with Crippen molar-refractivity contribution in [1.82, 2.24) is 10.3 Å². The SMILES string of the molecule is CCCNC(CCCOC)Cc1ncc(C)c(OC)c1C. The van der Waals surface area contributed by atoms with E-state index in [1.54, 1.807) is 14.2 Å². The third-order valence-electron chi connectivity index (χ3n) is 3.77. The molecule has 1 heterocycles. The van der Waals surface area contributed by atoms with E-state index in [0.717, 1.165) is 61.4 Å². The van der Waals surface area contributed by atoms with E-state index in [2.05, 4.69) is 24.1 Å². The molecule has 0 saturated carbocycles. The maximum Gasteiger partial charge on any atom is 0.128 e. The highest BCUT2D eigenvalue weighted by Gasteiger charge is 2.14. The number of ether oxygens (including phenoxy) is 2. The first-order valence-electron chi connectivity index (χ1n) is 7.85. The molecule has 4 heteroatoms. The van der Waals surface area contributed by atoms with Crippen molar-refractivity contribution < 1.29 is 9.47 Å². The second-order valence-corrected chi connectivity index (χ2v) is 5.54. The van der Waals surface area contributed by atoms with Crippen LogP contribution in [-0.4, -0.2) is 38.4 Å². The summed E-state index contributed by atoms with van der Waals surface area (Å²) in [5, 5.41) is 3.62. The molecule has 1 N–H and O–H groups in total. The van der Waals surface area contributed by atoms with Crippen LogP contribution in [0.15, 0.2) is 6.20 Å². The zero-order valence-corrected chi connectivity index (χ0v) is 14.2. The van der Waals surface area contributed by atoms with E-state index in [1.165, 1.54) is 0 Å². The fraction of sp³-hybridized carbons (Fsp3) is 0.706. The van der Waals surface area contributed by atoms with Crippen molar-refractivity contribution >= 4 is 0 Å². The summed E-state index contributed by atoms with van der Waals surface area (Å²) in [5.74, 6) is 0.964. The molecule has 1 atom stereocenters.